The van der Waals surface area contributed by atoms with E-state index in [0.717, 1.165) is 11.3 Å². The van der Waals surface area contributed by atoms with Crippen molar-refractivity contribution < 1.29 is 13.2 Å². The molecule has 0 unspecified atom stereocenters. The second-order valence-electron chi connectivity index (χ2n) is 6.76. The van der Waals surface area contributed by atoms with Crippen molar-refractivity contribution in [2.24, 2.45) is 0 Å². The van der Waals surface area contributed by atoms with E-state index in [0.29, 0.717) is 5.69 Å². The molecule has 3 aromatic carbocycles. The van der Waals surface area contributed by atoms with Gasteiger partial charge in [0.15, 0.2) is 0 Å². The molecule has 0 aliphatic rings. The number of carbonyl (C=O) groups excluding carboxylic acids is 1. The predicted molar refractivity (Wildman–Crippen MR) is 120 cm³/mol. The third kappa shape index (κ3) is 5.10. The van der Waals surface area contributed by atoms with Crippen LogP contribution in [0.3, 0.4) is 0 Å². The Hall–Kier alpha value is -3.76. The summed E-state index contributed by atoms with van der Waals surface area (Å²) >= 11 is 6.04. The minimum Gasteiger partial charge on any atom is -0.326 e. The molecule has 0 aliphatic carbocycles. The number of hydrogen-bond donors (Lipinski definition) is 2. The fourth-order valence-corrected chi connectivity index (χ4v) is 4.29. The van der Waals surface area contributed by atoms with E-state index in [9.17, 15) is 13.2 Å². The molecule has 0 atom stereocenters. The van der Waals surface area contributed by atoms with Crippen LogP contribution in [0.15, 0.2) is 84.0 Å². The first-order valence-electron chi connectivity index (χ1n) is 9.40. The van der Waals surface area contributed by atoms with Crippen molar-refractivity contribution in [1.82, 2.24) is 20.2 Å². The van der Waals surface area contributed by atoms with Crippen LogP contribution in [0.5, 0.6) is 0 Å². The zero-order chi connectivity index (χ0) is 22.6. The number of para-hydroxylation sites is 1. The molecule has 162 valence electrons. The predicted octanol–water partition coefficient (Wildman–Crippen LogP) is 3.30. The third-order valence-corrected chi connectivity index (χ3v) is 6.15. The second kappa shape index (κ2) is 9.16. The van der Waals surface area contributed by atoms with Crippen molar-refractivity contribution in [2.45, 2.75) is 11.3 Å². The third-order valence-electron chi connectivity index (χ3n) is 4.46. The molecule has 1 amide bonds. The summed E-state index contributed by atoms with van der Waals surface area (Å²) in [4.78, 5) is 12.5. The number of nitrogens with zero attached hydrogens (tertiary/aromatic N) is 4. The van der Waals surface area contributed by atoms with Gasteiger partial charge in [0, 0.05) is 5.69 Å². The van der Waals surface area contributed by atoms with Gasteiger partial charge in [-0.15, -0.1) is 5.10 Å². The summed E-state index contributed by atoms with van der Waals surface area (Å²) in [6, 6.07) is 19.7. The number of anilines is 2. The smallest absolute Gasteiger partial charge is 0.262 e. The van der Waals surface area contributed by atoms with E-state index >= 15 is 0 Å². The highest BCUT2D eigenvalue weighted by molar-refractivity contribution is 7.92. The van der Waals surface area contributed by atoms with Gasteiger partial charge in [-0.2, -0.15) is 0 Å². The van der Waals surface area contributed by atoms with Gasteiger partial charge in [0.1, 0.15) is 6.33 Å². The number of amides is 1. The van der Waals surface area contributed by atoms with Crippen LogP contribution in [0.4, 0.5) is 11.4 Å². The number of hydrogen-bond acceptors (Lipinski definition) is 6. The molecule has 0 saturated heterocycles. The summed E-state index contributed by atoms with van der Waals surface area (Å²) in [5.41, 5.74) is 2.18. The van der Waals surface area contributed by atoms with E-state index < -0.39 is 10.0 Å². The summed E-state index contributed by atoms with van der Waals surface area (Å²) in [6.07, 6.45) is 1.59. The fraction of sp³-hybridized carbons (Fsp3) is 0.0476. The zero-order valence-electron chi connectivity index (χ0n) is 16.5. The Kier molecular flexibility index (Phi) is 6.15. The number of aromatic nitrogens is 4. The number of carbonyl (C=O) groups is 1. The molecule has 0 fully saturated rings. The molecule has 4 aromatic rings. The van der Waals surface area contributed by atoms with Crippen LogP contribution >= 0.6 is 11.6 Å². The Bertz CT molecular complexity index is 1340. The van der Waals surface area contributed by atoms with E-state index in [2.05, 4.69) is 25.6 Å². The lowest BCUT2D eigenvalue weighted by atomic mass is 10.1. The lowest BCUT2D eigenvalue weighted by molar-refractivity contribution is -0.115. The van der Waals surface area contributed by atoms with Crippen LogP contribution in [0.1, 0.15) is 5.56 Å². The van der Waals surface area contributed by atoms with Gasteiger partial charge in [0.2, 0.25) is 5.91 Å². The van der Waals surface area contributed by atoms with Gasteiger partial charge >= 0.3 is 0 Å². The molecule has 32 heavy (non-hydrogen) atoms. The Morgan fingerprint density at radius 3 is 2.50 bits per heavy atom. The number of sulfonamides is 1. The monoisotopic (exact) mass is 468 g/mol. The average Bonchev–Trinajstić information content (AvgIpc) is 3.31. The molecular formula is C21H17ClN6O3S. The normalized spacial score (nSPS) is 11.2. The number of halogens is 1. The largest absolute Gasteiger partial charge is 0.326 e. The number of nitrogens with one attached hydrogen (secondary N) is 2. The van der Waals surface area contributed by atoms with Crippen molar-refractivity contribution in [3.63, 3.8) is 0 Å². The van der Waals surface area contributed by atoms with Gasteiger partial charge in [-0.3, -0.25) is 9.52 Å². The summed E-state index contributed by atoms with van der Waals surface area (Å²) in [5, 5.41) is 14.0. The molecule has 0 saturated carbocycles. The number of rotatable bonds is 7. The Labute approximate surface area is 189 Å². The van der Waals surface area contributed by atoms with E-state index in [4.69, 9.17) is 11.6 Å². The minimum absolute atomic E-state index is 0.000939. The van der Waals surface area contributed by atoms with Crippen LogP contribution in [0.25, 0.3) is 5.69 Å². The Balaban J connectivity index is 1.43. The van der Waals surface area contributed by atoms with Crippen LogP contribution in [0, 0.1) is 0 Å². The molecule has 4 rings (SSSR count). The first-order chi connectivity index (χ1) is 15.4. The molecule has 9 nitrogen and oxygen atoms in total. The Morgan fingerprint density at radius 1 is 1.00 bits per heavy atom. The molecule has 0 bridgehead atoms. The van der Waals surface area contributed by atoms with E-state index in [-0.39, 0.29) is 27.9 Å². The van der Waals surface area contributed by atoms with Gasteiger partial charge in [-0.05, 0) is 58.5 Å². The minimum atomic E-state index is -3.88. The summed E-state index contributed by atoms with van der Waals surface area (Å²) in [7, 11) is -3.88. The highest BCUT2D eigenvalue weighted by Crippen LogP contribution is 2.25. The molecule has 0 spiro atoms. The lowest BCUT2D eigenvalue weighted by Crippen LogP contribution is -2.16. The molecule has 0 radical (unpaired) electrons. The maximum absolute atomic E-state index is 12.7. The van der Waals surface area contributed by atoms with Gasteiger partial charge in [-0.25, -0.2) is 13.1 Å². The van der Waals surface area contributed by atoms with Crippen molar-refractivity contribution in [3.05, 3.63) is 89.7 Å². The zero-order valence-corrected chi connectivity index (χ0v) is 18.1. The molecule has 1 heterocycles. The van der Waals surface area contributed by atoms with E-state index in [1.807, 2.05) is 0 Å². The highest BCUT2D eigenvalue weighted by Gasteiger charge is 2.16. The van der Waals surface area contributed by atoms with Crippen LogP contribution in [0.2, 0.25) is 5.02 Å². The van der Waals surface area contributed by atoms with Gasteiger partial charge in [-0.1, -0.05) is 41.9 Å². The first kappa shape index (κ1) is 21.5. The fourth-order valence-electron chi connectivity index (χ4n) is 2.93. The van der Waals surface area contributed by atoms with Gasteiger partial charge in [0.25, 0.3) is 10.0 Å². The van der Waals surface area contributed by atoms with Crippen LogP contribution in [-0.4, -0.2) is 34.5 Å². The molecular weight excluding hydrogens is 452 g/mol. The molecule has 11 heteroatoms. The summed E-state index contributed by atoms with van der Waals surface area (Å²) < 4.78 is 29.4. The molecule has 0 aliphatic heterocycles. The Morgan fingerprint density at radius 2 is 1.78 bits per heavy atom. The quantitative estimate of drug-likeness (QED) is 0.429. The van der Waals surface area contributed by atoms with E-state index in [1.165, 1.54) is 23.1 Å². The van der Waals surface area contributed by atoms with Gasteiger partial charge in [0.05, 0.1) is 27.7 Å². The number of tetrazole rings is 1. The van der Waals surface area contributed by atoms with Crippen LogP contribution < -0.4 is 10.0 Å². The maximum Gasteiger partial charge on any atom is 0.262 e. The topological polar surface area (TPSA) is 119 Å². The summed E-state index contributed by atoms with van der Waals surface area (Å²) in [6.45, 7) is 0. The van der Waals surface area contributed by atoms with Crippen molar-refractivity contribution >= 4 is 38.9 Å². The van der Waals surface area contributed by atoms with Crippen molar-refractivity contribution in [3.8, 4) is 5.69 Å². The maximum atomic E-state index is 12.7. The van der Waals surface area contributed by atoms with E-state index in [1.54, 1.807) is 60.7 Å². The standard InChI is InChI=1S/C21H17ClN6O3S/c22-19-6-1-2-7-20(19)25-32(30,31)18-5-3-4-16(13-18)24-21(29)12-15-8-10-17(11-9-15)28-14-23-26-27-28/h1-11,13-14,25H,12H2,(H,24,29). The first-order valence-corrected chi connectivity index (χ1v) is 11.3. The highest BCUT2D eigenvalue weighted by atomic mass is 35.5. The second-order valence-corrected chi connectivity index (χ2v) is 8.85. The van der Waals surface area contributed by atoms with Crippen molar-refractivity contribution in [1.29, 1.82) is 0 Å². The van der Waals surface area contributed by atoms with Crippen LogP contribution in [-0.2, 0) is 21.2 Å². The average molecular weight is 469 g/mol. The molecule has 1 aromatic heterocycles. The summed E-state index contributed by atoms with van der Waals surface area (Å²) in [5.74, 6) is -0.284. The number of benzene rings is 3. The lowest BCUT2D eigenvalue weighted by Gasteiger charge is -2.11. The molecule has 2 N–H and O–H groups in total. The van der Waals surface area contributed by atoms with Gasteiger partial charge < -0.3 is 5.32 Å². The van der Waals surface area contributed by atoms with Crippen molar-refractivity contribution in [2.75, 3.05) is 10.0 Å². The SMILES string of the molecule is O=C(Cc1ccc(-n2cnnn2)cc1)Nc1cccc(S(=O)(=O)Nc2ccccc2Cl)c1.